The summed E-state index contributed by atoms with van der Waals surface area (Å²) in [5, 5.41) is 0. The molecule has 1 aliphatic carbocycles. The number of carbonyl (C=O) groups excluding carboxylic acids is 1. The van der Waals surface area contributed by atoms with Gasteiger partial charge in [0.2, 0.25) is 0 Å². The molecule has 17 heavy (non-hydrogen) atoms. The molecule has 1 aliphatic rings. The van der Waals surface area contributed by atoms with Crippen LogP contribution in [0.3, 0.4) is 0 Å². The summed E-state index contributed by atoms with van der Waals surface area (Å²) in [6.07, 6.45) is 4.76. The molecule has 3 heteroatoms. The summed E-state index contributed by atoms with van der Waals surface area (Å²) in [6, 6.07) is 6.16. The third-order valence-corrected chi connectivity index (χ3v) is 3.94. The molecule has 0 bridgehead atoms. The van der Waals surface area contributed by atoms with Crippen LogP contribution in [0.1, 0.15) is 31.2 Å². The van der Waals surface area contributed by atoms with Gasteiger partial charge in [-0.3, -0.25) is 4.79 Å². The lowest BCUT2D eigenvalue weighted by atomic mass is 9.84. The molecule has 0 N–H and O–H groups in total. The van der Waals surface area contributed by atoms with Crippen molar-refractivity contribution in [2.75, 3.05) is 7.11 Å². The number of rotatable bonds is 3. The maximum atomic E-state index is 11.4. The second-order valence-corrected chi connectivity index (χ2v) is 5.53. The first kappa shape index (κ1) is 12.6. The Balaban J connectivity index is 2.03. The molecule has 1 atom stereocenters. The maximum absolute atomic E-state index is 11.4. The lowest BCUT2D eigenvalue weighted by Gasteiger charge is -2.20. The molecule has 0 aliphatic heterocycles. The van der Waals surface area contributed by atoms with Crippen LogP contribution in [-0.2, 0) is 11.2 Å². The molecular formula is C14H17BrO2. The van der Waals surface area contributed by atoms with Gasteiger partial charge in [-0.1, -0.05) is 6.07 Å². The summed E-state index contributed by atoms with van der Waals surface area (Å²) in [6.45, 7) is 0. The molecule has 0 heterocycles. The van der Waals surface area contributed by atoms with Crippen molar-refractivity contribution in [3.8, 4) is 5.75 Å². The van der Waals surface area contributed by atoms with Crippen molar-refractivity contribution < 1.29 is 9.53 Å². The zero-order chi connectivity index (χ0) is 12.3. The number of hydrogen-bond acceptors (Lipinski definition) is 2. The molecule has 0 radical (unpaired) electrons. The van der Waals surface area contributed by atoms with E-state index in [0.29, 0.717) is 11.7 Å². The Morgan fingerprint density at radius 1 is 1.47 bits per heavy atom. The highest BCUT2D eigenvalue weighted by Crippen LogP contribution is 2.29. The van der Waals surface area contributed by atoms with Crippen LogP contribution in [0.5, 0.6) is 5.75 Å². The molecule has 1 aromatic rings. The van der Waals surface area contributed by atoms with Crippen LogP contribution in [0.2, 0.25) is 0 Å². The van der Waals surface area contributed by atoms with Crippen molar-refractivity contribution in [1.82, 2.24) is 0 Å². The first-order chi connectivity index (χ1) is 8.19. The van der Waals surface area contributed by atoms with E-state index < -0.39 is 0 Å². The molecule has 1 fully saturated rings. The Labute approximate surface area is 110 Å². The van der Waals surface area contributed by atoms with Gasteiger partial charge in [0.25, 0.3) is 0 Å². The normalized spacial score (nSPS) is 20.4. The Morgan fingerprint density at radius 3 is 2.94 bits per heavy atom. The first-order valence-electron chi connectivity index (χ1n) is 6.03. The van der Waals surface area contributed by atoms with E-state index in [2.05, 4.69) is 28.1 Å². The van der Waals surface area contributed by atoms with E-state index in [-0.39, 0.29) is 0 Å². The van der Waals surface area contributed by atoms with Crippen LogP contribution in [-0.4, -0.2) is 12.9 Å². The average molecular weight is 297 g/mol. The van der Waals surface area contributed by atoms with Gasteiger partial charge in [-0.05, 0) is 58.8 Å². The molecule has 1 aromatic carbocycles. The standard InChI is InChI=1S/C14H17BrO2/c1-17-14-6-5-11(9-13(14)15)7-10-3-2-4-12(16)8-10/h5-6,9-10H,2-4,7-8H2,1H3. The number of halogens is 1. The van der Waals surface area contributed by atoms with E-state index in [1.165, 1.54) is 12.0 Å². The number of hydrogen-bond donors (Lipinski definition) is 0. The zero-order valence-corrected chi connectivity index (χ0v) is 11.6. The fourth-order valence-electron chi connectivity index (χ4n) is 2.46. The minimum absolute atomic E-state index is 0.425. The quantitative estimate of drug-likeness (QED) is 0.849. The highest BCUT2D eigenvalue weighted by molar-refractivity contribution is 9.10. The van der Waals surface area contributed by atoms with Crippen molar-refractivity contribution in [3.63, 3.8) is 0 Å². The molecule has 2 nitrogen and oxygen atoms in total. The predicted molar refractivity (Wildman–Crippen MR) is 71.4 cm³/mol. The summed E-state index contributed by atoms with van der Waals surface area (Å²) in [5.41, 5.74) is 1.28. The van der Waals surface area contributed by atoms with Gasteiger partial charge in [-0.25, -0.2) is 0 Å². The van der Waals surface area contributed by atoms with Gasteiger partial charge in [0.1, 0.15) is 11.5 Å². The van der Waals surface area contributed by atoms with Crippen LogP contribution in [0.4, 0.5) is 0 Å². The number of ether oxygens (including phenoxy) is 1. The molecule has 0 spiro atoms. The summed E-state index contributed by atoms with van der Waals surface area (Å²) >= 11 is 3.49. The van der Waals surface area contributed by atoms with Gasteiger partial charge < -0.3 is 4.74 Å². The van der Waals surface area contributed by atoms with Gasteiger partial charge in [0.05, 0.1) is 11.6 Å². The van der Waals surface area contributed by atoms with Gasteiger partial charge in [0, 0.05) is 12.8 Å². The van der Waals surface area contributed by atoms with Gasteiger partial charge in [0.15, 0.2) is 0 Å². The minimum atomic E-state index is 0.425. The number of ketones is 1. The highest BCUT2D eigenvalue weighted by atomic mass is 79.9. The van der Waals surface area contributed by atoms with Crippen molar-refractivity contribution in [2.45, 2.75) is 32.1 Å². The SMILES string of the molecule is COc1ccc(CC2CCCC(=O)C2)cc1Br. The van der Waals surface area contributed by atoms with E-state index >= 15 is 0 Å². The fraction of sp³-hybridized carbons (Fsp3) is 0.500. The molecule has 1 saturated carbocycles. The summed E-state index contributed by atoms with van der Waals surface area (Å²) in [7, 11) is 1.67. The molecule has 0 amide bonds. The first-order valence-corrected chi connectivity index (χ1v) is 6.82. The summed E-state index contributed by atoms with van der Waals surface area (Å²) in [5.74, 6) is 1.80. The molecule has 0 aromatic heterocycles. The Hall–Kier alpha value is -0.830. The lowest BCUT2D eigenvalue weighted by Crippen LogP contribution is -2.16. The van der Waals surface area contributed by atoms with Crippen molar-refractivity contribution in [2.24, 2.45) is 5.92 Å². The van der Waals surface area contributed by atoms with Crippen LogP contribution < -0.4 is 4.74 Å². The third-order valence-electron chi connectivity index (χ3n) is 3.32. The largest absolute Gasteiger partial charge is 0.496 e. The lowest BCUT2D eigenvalue weighted by molar-refractivity contribution is -0.121. The highest BCUT2D eigenvalue weighted by Gasteiger charge is 2.19. The smallest absolute Gasteiger partial charge is 0.133 e. The van der Waals surface area contributed by atoms with Crippen LogP contribution in [0, 0.1) is 5.92 Å². The van der Waals surface area contributed by atoms with E-state index in [1.807, 2.05) is 6.07 Å². The Morgan fingerprint density at radius 2 is 2.29 bits per heavy atom. The second-order valence-electron chi connectivity index (χ2n) is 4.67. The molecule has 0 saturated heterocycles. The Kier molecular flexibility index (Phi) is 4.21. The molecule has 2 rings (SSSR count). The van der Waals surface area contributed by atoms with E-state index in [4.69, 9.17) is 4.74 Å². The van der Waals surface area contributed by atoms with Crippen LogP contribution in [0.25, 0.3) is 0 Å². The van der Waals surface area contributed by atoms with Crippen molar-refractivity contribution >= 4 is 21.7 Å². The fourth-order valence-corrected chi connectivity index (χ4v) is 3.05. The zero-order valence-electron chi connectivity index (χ0n) is 10.0. The molecular weight excluding hydrogens is 280 g/mol. The summed E-state index contributed by atoms with van der Waals surface area (Å²) in [4.78, 5) is 11.4. The van der Waals surface area contributed by atoms with Gasteiger partial charge in [-0.2, -0.15) is 0 Å². The van der Waals surface area contributed by atoms with Crippen molar-refractivity contribution in [3.05, 3.63) is 28.2 Å². The van der Waals surface area contributed by atoms with Crippen LogP contribution in [0.15, 0.2) is 22.7 Å². The number of Topliss-reactive ketones (excluding diaryl/α,β-unsaturated/α-hetero) is 1. The van der Waals surface area contributed by atoms with Gasteiger partial charge >= 0.3 is 0 Å². The number of methoxy groups -OCH3 is 1. The van der Waals surface area contributed by atoms with E-state index in [9.17, 15) is 4.79 Å². The van der Waals surface area contributed by atoms with E-state index in [1.54, 1.807) is 7.11 Å². The maximum Gasteiger partial charge on any atom is 0.133 e. The Bertz CT molecular complexity index is 415. The summed E-state index contributed by atoms with van der Waals surface area (Å²) < 4.78 is 6.19. The van der Waals surface area contributed by atoms with E-state index in [0.717, 1.165) is 35.9 Å². The number of carbonyl (C=O) groups is 1. The van der Waals surface area contributed by atoms with Crippen LogP contribution >= 0.6 is 15.9 Å². The topological polar surface area (TPSA) is 26.3 Å². The predicted octanol–water partition coefficient (Wildman–Crippen LogP) is 3.76. The van der Waals surface area contributed by atoms with Crippen molar-refractivity contribution in [1.29, 1.82) is 0 Å². The average Bonchev–Trinajstić information content (AvgIpc) is 2.29. The monoisotopic (exact) mass is 296 g/mol. The molecule has 1 unspecified atom stereocenters. The third kappa shape index (κ3) is 3.32. The number of benzene rings is 1. The minimum Gasteiger partial charge on any atom is -0.496 e. The molecule has 92 valence electrons. The van der Waals surface area contributed by atoms with Gasteiger partial charge in [-0.15, -0.1) is 0 Å². The second kappa shape index (κ2) is 5.67.